The van der Waals surface area contributed by atoms with Crippen LogP contribution in [0.25, 0.3) is 10.9 Å². The van der Waals surface area contributed by atoms with Crippen LogP contribution in [0.5, 0.6) is 0 Å². The van der Waals surface area contributed by atoms with Gasteiger partial charge in [0.1, 0.15) is 0 Å². The monoisotopic (exact) mass is 355 g/mol. The highest BCUT2D eigenvalue weighted by Crippen LogP contribution is 2.39. The summed E-state index contributed by atoms with van der Waals surface area (Å²) in [6.07, 6.45) is 2.28. The highest BCUT2D eigenvalue weighted by molar-refractivity contribution is 6.05. The molecule has 1 aromatic heterocycles. The first kappa shape index (κ1) is 19.7. The van der Waals surface area contributed by atoms with Crippen molar-refractivity contribution >= 4 is 41.6 Å². The fourth-order valence-corrected chi connectivity index (χ4v) is 2.79. The van der Waals surface area contributed by atoms with Crippen LogP contribution in [0.4, 0.5) is 0 Å². The average molecular weight is 356 g/mol. The molecular formula is C17H23Cl2N3O. The lowest BCUT2D eigenvalue weighted by Crippen LogP contribution is -2.53. The first-order valence-corrected chi connectivity index (χ1v) is 7.42. The summed E-state index contributed by atoms with van der Waals surface area (Å²) in [5, 5.41) is 4.11. The van der Waals surface area contributed by atoms with Crippen molar-refractivity contribution in [3.63, 3.8) is 0 Å². The van der Waals surface area contributed by atoms with E-state index < -0.39 is 0 Å². The first-order chi connectivity index (χ1) is 10.0. The van der Waals surface area contributed by atoms with Gasteiger partial charge in [0.15, 0.2) is 0 Å². The Kier molecular flexibility index (Phi) is 6.40. The number of nitrogens with zero attached hydrogens (tertiary/aromatic N) is 1. The first-order valence-electron chi connectivity index (χ1n) is 7.42. The van der Waals surface area contributed by atoms with Gasteiger partial charge < -0.3 is 11.1 Å². The number of rotatable bonds is 4. The van der Waals surface area contributed by atoms with Crippen molar-refractivity contribution < 1.29 is 4.79 Å². The largest absolute Gasteiger partial charge is 0.345 e. The molecule has 3 rings (SSSR count). The van der Waals surface area contributed by atoms with E-state index >= 15 is 0 Å². The maximum atomic E-state index is 12.7. The lowest BCUT2D eigenvalue weighted by Gasteiger charge is -2.29. The fourth-order valence-electron chi connectivity index (χ4n) is 2.79. The molecule has 1 heterocycles. The molecule has 0 spiro atoms. The molecule has 1 unspecified atom stereocenters. The Morgan fingerprint density at radius 1 is 1.30 bits per heavy atom. The van der Waals surface area contributed by atoms with Gasteiger partial charge in [0.25, 0.3) is 5.91 Å². The summed E-state index contributed by atoms with van der Waals surface area (Å²) in [6, 6.07) is 9.65. The molecule has 4 nitrogen and oxygen atoms in total. The van der Waals surface area contributed by atoms with Gasteiger partial charge in [0, 0.05) is 17.6 Å². The minimum atomic E-state index is -0.316. The number of pyridine rings is 1. The molecule has 1 aliphatic carbocycles. The zero-order valence-corrected chi connectivity index (χ0v) is 15.0. The second-order valence-corrected chi connectivity index (χ2v) is 6.18. The molecule has 23 heavy (non-hydrogen) atoms. The molecule has 0 bridgehead atoms. The van der Waals surface area contributed by atoms with Gasteiger partial charge in [-0.1, -0.05) is 18.2 Å². The predicted octanol–water partition coefficient (Wildman–Crippen LogP) is 3.24. The normalized spacial score (nSPS) is 16.0. The Balaban J connectivity index is 0.00000132. The summed E-state index contributed by atoms with van der Waals surface area (Å²) in [5.41, 5.74) is 7.85. The molecular weight excluding hydrogens is 333 g/mol. The number of benzene rings is 1. The summed E-state index contributed by atoms with van der Waals surface area (Å²) >= 11 is 0. The zero-order chi connectivity index (χ0) is 15.0. The van der Waals surface area contributed by atoms with Gasteiger partial charge in [-0.15, -0.1) is 24.8 Å². The van der Waals surface area contributed by atoms with Crippen LogP contribution in [0.1, 0.15) is 35.8 Å². The van der Waals surface area contributed by atoms with Crippen LogP contribution in [0.15, 0.2) is 30.3 Å². The zero-order valence-electron chi connectivity index (χ0n) is 13.3. The lowest BCUT2D eigenvalue weighted by molar-refractivity contribution is 0.0899. The third kappa shape index (κ3) is 3.94. The molecule has 1 aromatic carbocycles. The molecule has 3 N–H and O–H groups in total. The van der Waals surface area contributed by atoms with Crippen LogP contribution >= 0.6 is 24.8 Å². The Morgan fingerprint density at radius 3 is 2.61 bits per heavy atom. The summed E-state index contributed by atoms with van der Waals surface area (Å²) in [7, 11) is 0. The van der Waals surface area contributed by atoms with Gasteiger partial charge in [0.2, 0.25) is 0 Å². The van der Waals surface area contributed by atoms with Crippen molar-refractivity contribution in [3.05, 3.63) is 41.6 Å². The van der Waals surface area contributed by atoms with Crippen LogP contribution < -0.4 is 11.1 Å². The van der Waals surface area contributed by atoms with Crippen LogP contribution in [0.2, 0.25) is 0 Å². The molecule has 6 heteroatoms. The standard InChI is InChI=1S/C17H21N3O.2ClH/c1-11-6-7-12-4-3-5-14(15(12)19-11)16(21)20-17(2,10-18)13-8-9-13;;/h3-7,13H,8-10,18H2,1-2H3,(H,20,21);2*1H. The molecule has 1 saturated carbocycles. The van der Waals surface area contributed by atoms with E-state index in [1.807, 2.05) is 44.2 Å². The van der Waals surface area contributed by atoms with E-state index in [4.69, 9.17) is 5.73 Å². The van der Waals surface area contributed by atoms with E-state index in [2.05, 4.69) is 10.3 Å². The number of nitrogens with one attached hydrogen (secondary N) is 1. The van der Waals surface area contributed by atoms with Gasteiger partial charge in [-0.05, 0) is 44.7 Å². The summed E-state index contributed by atoms with van der Waals surface area (Å²) in [4.78, 5) is 17.2. The molecule has 0 saturated heterocycles. The van der Waals surface area contributed by atoms with E-state index in [1.54, 1.807) is 0 Å². The number of nitrogens with two attached hydrogens (primary N) is 1. The number of aromatic nitrogens is 1. The molecule has 2 aromatic rings. The number of fused-ring (bicyclic) bond motifs is 1. The average Bonchev–Trinajstić information content (AvgIpc) is 3.31. The smallest absolute Gasteiger partial charge is 0.253 e. The predicted molar refractivity (Wildman–Crippen MR) is 98.6 cm³/mol. The van der Waals surface area contributed by atoms with E-state index in [1.165, 1.54) is 0 Å². The highest BCUT2D eigenvalue weighted by atomic mass is 35.5. The third-order valence-corrected chi connectivity index (χ3v) is 4.41. The summed E-state index contributed by atoms with van der Waals surface area (Å²) in [5.74, 6) is 0.412. The van der Waals surface area contributed by atoms with Crippen molar-refractivity contribution in [3.8, 4) is 0 Å². The minimum absolute atomic E-state index is 0. The molecule has 1 aliphatic rings. The molecule has 1 amide bonds. The fraction of sp³-hybridized carbons (Fsp3) is 0.412. The van der Waals surface area contributed by atoms with E-state index in [-0.39, 0.29) is 36.3 Å². The number of carbonyl (C=O) groups excluding carboxylic acids is 1. The van der Waals surface area contributed by atoms with Crippen molar-refractivity contribution in [1.82, 2.24) is 10.3 Å². The quantitative estimate of drug-likeness (QED) is 0.884. The summed E-state index contributed by atoms with van der Waals surface area (Å²) in [6.45, 7) is 4.43. The number of amides is 1. The topological polar surface area (TPSA) is 68.0 Å². The summed E-state index contributed by atoms with van der Waals surface area (Å²) < 4.78 is 0. The molecule has 0 radical (unpaired) electrons. The minimum Gasteiger partial charge on any atom is -0.345 e. The highest BCUT2D eigenvalue weighted by Gasteiger charge is 2.41. The number of hydrogen-bond acceptors (Lipinski definition) is 3. The second kappa shape index (κ2) is 7.47. The van der Waals surface area contributed by atoms with Gasteiger partial charge in [-0.25, -0.2) is 0 Å². The van der Waals surface area contributed by atoms with Crippen molar-refractivity contribution in [2.45, 2.75) is 32.2 Å². The van der Waals surface area contributed by atoms with E-state index in [0.29, 0.717) is 18.0 Å². The SMILES string of the molecule is Cc1ccc2cccc(C(=O)NC(C)(CN)C3CC3)c2n1.Cl.Cl. The number of hydrogen-bond donors (Lipinski definition) is 2. The Bertz CT molecular complexity index is 703. The number of carbonyl (C=O) groups is 1. The van der Waals surface area contributed by atoms with Crippen LogP contribution in [0, 0.1) is 12.8 Å². The van der Waals surface area contributed by atoms with Gasteiger partial charge in [-0.3, -0.25) is 9.78 Å². The van der Waals surface area contributed by atoms with Gasteiger partial charge >= 0.3 is 0 Å². The molecule has 0 aliphatic heterocycles. The Hall–Kier alpha value is -1.36. The maximum Gasteiger partial charge on any atom is 0.253 e. The van der Waals surface area contributed by atoms with Crippen molar-refractivity contribution in [2.24, 2.45) is 11.7 Å². The Morgan fingerprint density at radius 2 is 2.00 bits per heavy atom. The van der Waals surface area contributed by atoms with Crippen molar-refractivity contribution in [1.29, 1.82) is 0 Å². The Labute approximate surface area is 149 Å². The number of aryl methyl sites for hydroxylation is 1. The van der Waals surface area contributed by atoms with Crippen LogP contribution in [-0.4, -0.2) is 23.0 Å². The lowest BCUT2D eigenvalue weighted by atomic mass is 9.95. The second-order valence-electron chi connectivity index (χ2n) is 6.18. The third-order valence-electron chi connectivity index (χ3n) is 4.41. The molecule has 1 fully saturated rings. The molecule has 1 atom stereocenters. The van der Waals surface area contributed by atoms with E-state index in [0.717, 1.165) is 29.4 Å². The van der Waals surface area contributed by atoms with Crippen molar-refractivity contribution in [2.75, 3.05) is 6.54 Å². The van der Waals surface area contributed by atoms with Crippen LogP contribution in [-0.2, 0) is 0 Å². The van der Waals surface area contributed by atoms with Gasteiger partial charge in [0.05, 0.1) is 16.6 Å². The maximum absolute atomic E-state index is 12.7. The van der Waals surface area contributed by atoms with E-state index in [9.17, 15) is 4.79 Å². The number of para-hydroxylation sites is 1. The van der Waals surface area contributed by atoms with Gasteiger partial charge in [-0.2, -0.15) is 0 Å². The number of halogens is 2. The van der Waals surface area contributed by atoms with Crippen LogP contribution in [0.3, 0.4) is 0 Å². The molecule has 126 valence electrons.